The molecule has 0 N–H and O–H groups in total. The Labute approximate surface area is 191 Å². The molecule has 1 fully saturated rings. The highest BCUT2D eigenvalue weighted by atomic mass is 35.5. The van der Waals surface area contributed by atoms with Gasteiger partial charge in [0.05, 0.1) is 11.4 Å². The minimum Gasteiger partial charge on any atom is -0.454 e. The van der Waals surface area contributed by atoms with Crippen LogP contribution in [0.3, 0.4) is 0 Å². The number of amides is 2. The Morgan fingerprint density at radius 3 is 2.65 bits per heavy atom. The van der Waals surface area contributed by atoms with Crippen LogP contribution in [0.25, 0.3) is 6.08 Å². The lowest BCUT2D eigenvalue weighted by molar-refractivity contribution is -0.123. The molecule has 6 nitrogen and oxygen atoms in total. The number of hydrogen-bond acceptors (Lipinski definition) is 7. The average molecular weight is 472 g/mol. The molecule has 2 aliphatic heterocycles. The topological polar surface area (TPSA) is 69.0 Å². The van der Waals surface area contributed by atoms with Crippen LogP contribution in [0.5, 0.6) is 11.5 Å². The Morgan fingerprint density at radius 1 is 1.06 bits per heavy atom. The minimum atomic E-state index is -0.391. The largest absolute Gasteiger partial charge is 0.454 e. The first-order chi connectivity index (χ1) is 15.1. The lowest BCUT2D eigenvalue weighted by Crippen LogP contribution is -2.27. The van der Waals surface area contributed by atoms with E-state index in [9.17, 15) is 9.59 Å². The zero-order valence-corrected chi connectivity index (χ0v) is 18.3. The van der Waals surface area contributed by atoms with Crippen LogP contribution < -0.4 is 9.47 Å². The van der Waals surface area contributed by atoms with Crippen LogP contribution in [0.1, 0.15) is 11.3 Å². The molecule has 5 rings (SSSR count). The molecule has 0 bridgehead atoms. The van der Waals surface area contributed by atoms with Gasteiger partial charge in [-0.25, -0.2) is 0 Å². The summed E-state index contributed by atoms with van der Waals surface area (Å²) in [5, 5.41) is 0.736. The smallest absolute Gasteiger partial charge is 0.293 e. The fourth-order valence-electron chi connectivity index (χ4n) is 3.09. The predicted molar refractivity (Wildman–Crippen MR) is 118 cm³/mol. The number of carbonyl (C=O) groups excluding carboxylic acids is 2. The summed E-state index contributed by atoms with van der Waals surface area (Å²) in [6.45, 7) is 0.165. The van der Waals surface area contributed by atoms with Gasteiger partial charge in [-0.3, -0.25) is 14.5 Å². The van der Waals surface area contributed by atoms with Crippen LogP contribution in [-0.2, 0) is 11.3 Å². The van der Waals surface area contributed by atoms with Gasteiger partial charge in [-0.2, -0.15) is 0 Å². The van der Waals surface area contributed by atoms with E-state index in [0.717, 1.165) is 21.6 Å². The van der Waals surface area contributed by atoms with E-state index in [-0.39, 0.29) is 18.6 Å². The van der Waals surface area contributed by atoms with Gasteiger partial charge in [0, 0.05) is 22.1 Å². The number of furan rings is 1. The molecule has 0 spiro atoms. The first kappa shape index (κ1) is 20.1. The molecule has 1 aromatic heterocycles. The zero-order chi connectivity index (χ0) is 21.4. The highest BCUT2D eigenvalue weighted by molar-refractivity contribution is 8.18. The van der Waals surface area contributed by atoms with Crippen molar-refractivity contribution in [1.82, 2.24) is 4.90 Å². The summed E-state index contributed by atoms with van der Waals surface area (Å²) in [4.78, 5) is 27.8. The lowest BCUT2D eigenvalue weighted by atomic mass is 10.2. The molecule has 0 radical (unpaired) electrons. The summed E-state index contributed by atoms with van der Waals surface area (Å²) in [7, 11) is 0. The van der Waals surface area contributed by atoms with Crippen LogP contribution in [0.15, 0.2) is 73.9 Å². The van der Waals surface area contributed by atoms with Crippen molar-refractivity contribution in [3.8, 4) is 11.5 Å². The van der Waals surface area contributed by atoms with E-state index in [1.165, 1.54) is 11.8 Å². The van der Waals surface area contributed by atoms with Gasteiger partial charge in [-0.15, -0.1) is 0 Å². The number of halogens is 1. The summed E-state index contributed by atoms with van der Waals surface area (Å²) in [5.74, 6) is 1.20. The number of nitrogens with zero attached hydrogens (tertiary/aromatic N) is 1. The molecule has 0 atom stereocenters. The monoisotopic (exact) mass is 471 g/mol. The second kappa shape index (κ2) is 8.37. The number of imide groups is 1. The zero-order valence-electron chi connectivity index (χ0n) is 15.9. The van der Waals surface area contributed by atoms with E-state index in [1.54, 1.807) is 24.3 Å². The summed E-state index contributed by atoms with van der Waals surface area (Å²) >= 11 is 8.65. The van der Waals surface area contributed by atoms with E-state index in [4.69, 9.17) is 25.5 Å². The van der Waals surface area contributed by atoms with Crippen LogP contribution in [0, 0.1) is 0 Å². The Balaban J connectivity index is 1.32. The van der Waals surface area contributed by atoms with Crippen molar-refractivity contribution in [2.75, 3.05) is 6.79 Å². The van der Waals surface area contributed by atoms with Gasteiger partial charge < -0.3 is 13.9 Å². The molecule has 0 unspecified atom stereocenters. The predicted octanol–water partition coefficient (Wildman–Crippen LogP) is 6.05. The number of benzene rings is 2. The number of hydrogen-bond donors (Lipinski definition) is 0. The molecular weight excluding hydrogens is 458 g/mol. The van der Waals surface area contributed by atoms with Crippen molar-refractivity contribution in [3.63, 3.8) is 0 Å². The van der Waals surface area contributed by atoms with Gasteiger partial charge in [0.25, 0.3) is 11.1 Å². The van der Waals surface area contributed by atoms with Crippen molar-refractivity contribution in [2.45, 2.75) is 16.5 Å². The van der Waals surface area contributed by atoms with Gasteiger partial charge in [0.15, 0.2) is 16.6 Å². The minimum absolute atomic E-state index is 0.0464. The SMILES string of the molecule is O=C1S/C(=C\c2ccc(Sc3ccccc3)o2)C(=O)N1Cc1cc2c(cc1Cl)OCO2. The maximum atomic E-state index is 12.8. The third-order valence-electron chi connectivity index (χ3n) is 4.58. The molecule has 3 heterocycles. The van der Waals surface area contributed by atoms with Gasteiger partial charge in [0.2, 0.25) is 6.79 Å². The average Bonchev–Trinajstić information content (AvgIpc) is 3.46. The Morgan fingerprint density at radius 2 is 1.84 bits per heavy atom. The quantitative estimate of drug-likeness (QED) is 0.419. The molecule has 2 aliphatic rings. The first-order valence-corrected chi connectivity index (χ1v) is 11.2. The Kier molecular flexibility index (Phi) is 5.43. The van der Waals surface area contributed by atoms with Crippen LogP contribution in [0.2, 0.25) is 5.02 Å². The number of rotatable bonds is 5. The van der Waals surface area contributed by atoms with E-state index in [2.05, 4.69) is 0 Å². The summed E-state index contributed by atoms with van der Waals surface area (Å²) in [6, 6.07) is 16.8. The van der Waals surface area contributed by atoms with Gasteiger partial charge in [0.1, 0.15) is 5.76 Å². The second-order valence-corrected chi connectivity index (χ2v) is 9.11. The summed E-state index contributed by atoms with van der Waals surface area (Å²) < 4.78 is 16.4. The molecule has 3 aromatic rings. The fraction of sp³-hybridized carbons (Fsp3) is 0.0909. The first-order valence-electron chi connectivity index (χ1n) is 9.23. The van der Waals surface area contributed by atoms with Gasteiger partial charge in [-0.1, -0.05) is 41.6 Å². The number of ether oxygens (including phenoxy) is 2. The molecule has 31 heavy (non-hydrogen) atoms. The molecule has 2 aromatic carbocycles. The number of fused-ring (bicyclic) bond motifs is 1. The molecule has 0 saturated carbocycles. The number of thioether (sulfide) groups is 1. The molecule has 0 aliphatic carbocycles. The van der Waals surface area contributed by atoms with Crippen LogP contribution in [0.4, 0.5) is 4.79 Å². The van der Waals surface area contributed by atoms with Crippen molar-refractivity contribution in [3.05, 3.63) is 75.8 Å². The lowest BCUT2D eigenvalue weighted by Gasteiger charge is -2.14. The number of carbonyl (C=O) groups is 2. The van der Waals surface area contributed by atoms with Crippen LogP contribution in [-0.4, -0.2) is 22.8 Å². The van der Waals surface area contributed by atoms with Gasteiger partial charge in [-0.05, 0) is 47.7 Å². The van der Waals surface area contributed by atoms with E-state index < -0.39 is 5.91 Å². The van der Waals surface area contributed by atoms with Crippen molar-refractivity contribution in [2.24, 2.45) is 0 Å². The van der Waals surface area contributed by atoms with Crippen molar-refractivity contribution >= 4 is 52.3 Å². The normalized spacial score (nSPS) is 16.5. The third kappa shape index (κ3) is 4.19. The third-order valence-corrected chi connectivity index (χ3v) is 6.77. The maximum Gasteiger partial charge on any atom is 0.293 e. The van der Waals surface area contributed by atoms with Gasteiger partial charge >= 0.3 is 0 Å². The van der Waals surface area contributed by atoms with Crippen molar-refractivity contribution < 1.29 is 23.5 Å². The molecule has 1 saturated heterocycles. The second-order valence-electron chi connectivity index (χ2n) is 6.64. The molecule has 9 heteroatoms. The molecule has 156 valence electrons. The highest BCUT2D eigenvalue weighted by Gasteiger charge is 2.36. The van der Waals surface area contributed by atoms with E-state index >= 15 is 0 Å². The van der Waals surface area contributed by atoms with Crippen molar-refractivity contribution in [1.29, 1.82) is 0 Å². The standard InChI is InChI=1S/C22H14ClNO5S2/c23-16-10-18-17(27-12-28-18)8-13(16)11-24-21(25)19(31-22(24)26)9-14-6-7-20(29-14)30-15-4-2-1-3-5-15/h1-10H,11-12H2/b19-9-. The molecular formula is C22H14ClNO5S2. The Hall–Kier alpha value is -2.81. The summed E-state index contributed by atoms with van der Waals surface area (Å²) in [6.07, 6.45) is 1.58. The maximum absolute atomic E-state index is 12.8. The van der Waals surface area contributed by atoms with E-state index in [0.29, 0.717) is 37.8 Å². The van der Waals surface area contributed by atoms with E-state index in [1.807, 2.05) is 36.4 Å². The highest BCUT2D eigenvalue weighted by Crippen LogP contribution is 2.39. The fourth-order valence-corrected chi connectivity index (χ4v) is 4.92. The molecule has 2 amide bonds. The van der Waals surface area contributed by atoms with Crippen LogP contribution >= 0.6 is 35.1 Å². The summed E-state index contributed by atoms with van der Waals surface area (Å²) in [5.41, 5.74) is 0.606. The Bertz CT molecular complexity index is 1210.